The Balaban J connectivity index is 3.11. The van der Waals surface area contributed by atoms with Gasteiger partial charge in [-0.1, -0.05) is 11.6 Å². The minimum atomic E-state index is -0.123. The van der Waals surface area contributed by atoms with E-state index in [0.717, 1.165) is 12.2 Å². The van der Waals surface area contributed by atoms with Crippen LogP contribution >= 0.6 is 11.6 Å². The summed E-state index contributed by atoms with van der Waals surface area (Å²) in [4.78, 5) is 14.2. The van der Waals surface area contributed by atoms with Crippen molar-refractivity contribution in [1.29, 1.82) is 0 Å². The predicted molar refractivity (Wildman–Crippen MR) is 78.9 cm³/mol. The molecule has 0 unspecified atom stereocenters. The Morgan fingerprint density at radius 3 is 2.68 bits per heavy atom. The molecule has 4 nitrogen and oxygen atoms in total. The number of aliphatic hydroxyl groups excluding tert-OH is 1. The maximum atomic E-state index is 12.5. The number of carbonyl (C=O) groups excluding carboxylic acids is 1. The number of anilines is 1. The topological polar surface area (TPSA) is 52.6 Å². The van der Waals surface area contributed by atoms with Crippen molar-refractivity contribution in [3.8, 4) is 0 Å². The fourth-order valence-electron chi connectivity index (χ4n) is 1.89. The van der Waals surface area contributed by atoms with Crippen LogP contribution in [0.5, 0.6) is 0 Å². The molecule has 1 amide bonds. The molecular weight excluding hydrogens is 264 g/mol. The molecule has 1 aromatic rings. The molecule has 0 spiro atoms. The van der Waals surface area contributed by atoms with Crippen LogP contribution in [-0.2, 0) is 0 Å². The second-order valence-corrected chi connectivity index (χ2v) is 4.97. The lowest BCUT2D eigenvalue weighted by Crippen LogP contribution is -2.39. The minimum Gasteiger partial charge on any atom is -0.395 e. The molecule has 0 aromatic heterocycles. The van der Waals surface area contributed by atoms with Crippen molar-refractivity contribution < 1.29 is 9.90 Å². The maximum absolute atomic E-state index is 12.5. The molecule has 0 aliphatic heterocycles. The molecule has 1 rings (SSSR count). The number of amides is 1. The van der Waals surface area contributed by atoms with E-state index < -0.39 is 0 Å². The van der Waals surface area contributed by atoms with Crippen molar-refractivity contribution >= 4 is 23.2 Å². The third kappa shape index (κ3) is 4.11. The van der Waals surface area contributed by atoms with Gasteiger partial charge in [-0.3, -0.25) is 4.79 Å². The summed E-state index contributed by atoms with van der Waals surface area (Å²) in [6, 6.07) is 5.24. The first-order valence-corrected chi connectivity index (χ1v) is 6.84. The van der Waals surface area contributed by atoms with Crippen LogP contribution in [0.1, 0.15) is 31.1 Å². The van der Waals surface area contributed by atoms with Crippen LogP contribution in [0.4, 0.5) is 5.69 Å². The van der Waals surface area contributed by atoms with E-state index in [9.17, 15) is 4.79 Å². The van der Waals surface area contributed by atoms with Crippen LogP contribution in [-0.4, -0.2) is 41.7 Å². The molecule has 0 aliphatic rings. The average molecular weight is 285 g/mol. The lowest BCUT2D eigenvalue weighted by Gasteiger charge is -2.27. The van der Waals surface area contributed by atoms with Gasteiger partial charge in [0.1, 0.15) is 0 Å². The van der Waals surface area contributed by atoms with Gasteiger partial charge in [0.15, 0.2) is 0 Å². The van der Waals surface area contributed by atoms with Crippen molar-refractivity contribution in [2.45, 2.75) is 26.8 Å². The highest BCUT2D eigenvalue weighted by atomic mass is 35.5. The van der Waals surface area contributed by atoms with Crippen LogP contribution < -0.4 is 5.32 Å². The van der Waals surface area contributed by atoms with E-state index in [1.54, 1.807) is 23.1 Å². The Morgan fingerprint density at radius 2 is 2.16 bits per heavy atom. The SMILES string of the molecule is CCNc1ccc(Cl)cc1C(=O)N(CCO)C(C)C. The van der Waals surface area contributed by atoms with E-state index in [1.165, 1.54) is 0 Å². The molecule has 0 heterocycles. The molecule has 0 radical (unpaired) electrons. The third-order valence-electron chi connectivity index (χ3n) is 2.80. The van der Waals surface area contributed by atoms with Crippen LogP contribution in [0.15, 0.2) is 18.2 Å². The highest BCUT2D eigenvalue weighted by molar-refractivity contribution is 6.31. The first-order chi connectivity index (χ1) is 9.01. The van der Waals surface area contributed by atoms with Crippen LogP contribution in [0.3, 0.4) is 0 Å². The Morgan fingerprint density at radius 1 is 1.47 bits per heavy atom. The number of halogens is 1. The van der Waals surface area contributed by atoms with E-state index in [0.29, 0.717) is 17.1 Å². The molecule has 106 valence electrons. The Kier molecular flexibility index (Phi) is 6.12. The average Bonchev–Trinajstić information content (AvgIpc) is 2.37. The standard InChI is InChI=1S/C14H21ClN2O2/c1-4-16-13-6-5-11(15)9-12(13)14(19)17(7-8-18)10(2)3/h5-6,9-10,16,18H,4,7-8H2,1-3H3. The zero-order chi connectivity index (χ0) is 14.4. The van der Waals surface area contributed by atoms with Crippen molar-refractivity contribution in [2.24, 2.45) is 0 Å². The molecular formula is C14H21ClN2O2. The van der Waals surface area contributed by atoms with Gasteiger partial charge in [0.05, 0.1) is 12.2 Å². The summed E-state index contributed by atoms with van der Waals surface area (Å²) in [5, 5.41) is 12.8. The van der Waals surface area contributed by atoms with Gasteiger partial charge in [0, 0.05) is 29.8 Å². The molecule has 0 saturated carbocycles. The van der Waals surface area contributed by atoms with Gasteiger partial charge in [0.2, 0.25) is 0 Å². The number of rotatable bonds is 6. The minimum absolute atomic E-state index is 0.0214. The van der Waals surface area contributed by atoms with Crippen LogP contribution in [0, 0.1) is 0 Å². The molecule has 1 aromatic carbocycles. The van der Waals surface area contributed by atoms with E-state index in [4.69, 9.17) is 16.7 Å². The lowest BCUT2D eigenvalue weighted by molar-refractivity contribution is 0.0666. The second kappa shape index (κ2) is 7.36. The number of hydrogen-bond donors (Lipinski definition) is 2. The maximum Gasteiger partial charge on any atom is 0.256 e. The zero-order valence-corrected chi connectivity index (χ0v) is 12.4. The number of aliphatic hydroxyl groups is 1. The summed E-state index contributed by atoms with van der Waals surface area (Å²) >= 11 is 5.97. The molecule has 0 fully saturated rings. The third-order valence-corrected chi connectivity index (χ3v) is 3.04. The largest absolute Gasteiger partial charge is 0.395 e. The van der Waals surface area contributed by atoms with Gasteiger partial charge in [-0.15, -0.1) is 0 Å². The van der Waals surface area contributed by atoms with Crippen molar-refractivity contribution in [3.05, 3.63) is 28.8 Å². The van der Waals surface area contributed by atoms with Crippen molar-refractivity contribution in [3.63, 3.8) is 0 Å². The summed E-state index contributed by atoms with van der Waals surface area (Å²) < 4.78 is 0. The Labute approximate surface area is 119 Å². The highest BCUT2D eigenvalue weighted by Gasteiger charge is 2.21. The quantitative estimate of drug-likeness (QED) is 0.844. The first-order valence-electron chi connectivity index (χ1n) is 6.46. The van der Waals surface area contributed by atoms with Crippen molar-refractivity contribution in [2.75, 3.05) is 25.0 Å². The van der Waals surface area contributed by atoms with E-state index in [2.05, 4.69) is 5.32 Å². The molecule has 19 heavy (non-hydrogen) atoms. The Bertz CT molecular complexity index is 435. The summed E-state index contributed by atoms with van der Waals surface area (Å²) in [6.45, 7) is 6.80. The van der Waals surface area contributed by atoms with Gasteiger partial charge in [0.25, 0.3) is 5.91 Å². The summed E-state index contributed by atoms with van der Waals surface area (Å²) in [5.74, 6) is -0.123. The predicted octanol–water partition coefficient (Wildman–Crippen LogP) is 2.61. The normalized spacial score (nSPS) is 10.6. The molecule has 0 aliphatic carbocycles. The lowest BCUT2D eigenvalue weighted by atomic mass is 10.1. The van der Waals surface area contributed by atoms with Gasteiger partial charge in [-0.05, 0) is 39.0 Å². The fourth-order valence-corrected chi connectivity index (χ4v) is 2.07. The van der Waals surface area contributed by atoms with E-state index in [1.807, 2.05) is 20.8 Å². The number of benzene rings is 1. The van der Waals surface area contributed by atoms with Gasteiger partial charge >= 0.3 is 0 Å². The summed E-state index contributed by atoms with van der Waals surface area (Å²) in [6.07, 6.45) is 0. The monoisotopic (exact) mass is 284 g/mol. The number of nitrogens with zero attached hydrogens (tertiary/aromatic N) is 1. The van der Waals surface area contributed by atoms with Gasteiger partial charge in [-0.2, -0.15) is 0 Å². The molecule has 2 N–H and O–H groups in total. The van der Waals surface area contributed by atoms with Crippen molar-refractivity contribution in [1.82, 2.24) is 4.90 Å². The Hall–Kier alpha value is -1.26. The van der Waals surface area contributed by atoms with E-state index >= 15 is 0 Å². The number of carbonyl (C=O) groups is 1. The van der Waals surface area contributed by atoms with Crippen LogP contribution in [0.2, 0.25) is 5.02 Å². The first kappa shape index (κ1) is 15.8. The zero-order valence-electron chi connectivity index (χ0n) is 11.6. The molecule has 0 atom stereocenters. The number of nitrogens with one attached hydrogen (secondary N) is 1. The van der Waals surface area contributed by atoms with E-state index in [-0.39, 0.29) is 18.6 Å². The molecule has 5 heteroatoms. The highest BCUT2D eigenvalue weighted by Crippen LogP contribution is 2.23. The van der Waals surface area contributed by atoms with Gasteiger partial charge < -0.3 is 15.3 Å². The molecule has 0 bridgehead atoms. The molecule has 0 saturated heterocycles. The van der Waals surface area contributed by atoms with Gasteiger partial charge in [-0.25, -0.2) is 0 Å². The summed E-state index contributed by atoms with van der Waals surface area (Å²) in [5.41, 5.74) is 1.30. The van der Waals surface area contributed by atoms with Crippen LogP contribution in [0.25, 0.3) is 0 Å². The second-order valence-electron chi connectivity index (χ2n) is 4.54. The number of hydrogen-bond acceptors (Lipinski definition) is 3. The fraction of sp³-hybridized carbons (Fsp3) is 0.500. The smallest absolute Gasteiger partial charge is 0.256 e. The summed E-state index contributed by atoms with van der Waals surface area (Å²) in [7, 11) is 0.